The molecule has 2 saturated heterocycles. The minimum Gasteiger partial charge on any atom is -0.368 e. The number of benzene rings is 1. The van der Waals surface area contributed by atoms with Crippen molar-refractivity contribution in [3.8, 4) is 0 Å². The number of carbonyl (C=O) groups excluding carboxylic acids is 1. The van der Waals surface area contributed by atoms with Crippen molar-refractivity contribution in [3.63, 3.8) is 0 Å². The third kappa shape index (κ3) is 1.59. The molecule has 1 spiro atoms. The molecule has 0 radical (unpaired) electrons. The first-order valence-electron chi connectivity index (χ1n) is 8.30. The number of rotatable bonds is 0. The van der Waals surface area contributed by atoms with Gasteiger partial charge >= 0.3 is 0 Å². The normalized spacial score (nSPS) is 30.8. The lowest BCUT2D eigenvalue weighted by molar-refractivity contribution is -0.140. The molecule has 3 aliphatic heterocycles. The summed E-state index contributed by atoms with van der Waals surface area (Å²) >= 11 is 0. The van der Waals surface area contributed by atoms with E-state index in [4.69, 9.17) is 4.74 Å². The van der Waals surface area contributed by atoms with Crippen LogP contribution in [-0.4, -0.2) is 35.0 Å². The van der Waals surface area contributed by atoms with E-state index >= 15 is 0 Å². The number of para-hydroxylation sites is 1. The summed E-state index contributed by atoms with van der Waals surface area (Å²) in [7, 11) is 0. The molecule has 0 aliphatic carbocycles. The zero-order chi connectivity index (χ0) is 14.7. The largest absolute Gasteiger partial charge is 0.368 e. The Morgan fingerprint density at radius 2 is 2.18 bits per heavy atom. The highest BCUT2D eigenvalue weighted by molar-refractivity contribution is 5.85. The molecule has 4 heteroatoms. The number of hydrogen-bond donors (Lipinski definition) is 1. The van der Waals surface area contributed by atoms with Crippen molar-refractivity contribution < 1.29 is 9.53 Å². The third-order valence-corrected chi connectivity index (χ3v) is 5.77. The maximum absolute atomic E-state index is 11.9. The summed E-state index contributed by atoms with van der Waals surface area (Å²) in [6.45, 7) is 1.62. The van der Waals surface area contributed by atoms with Gasteiger partial charge in [0.25, 0.3) is 0 Å². The van der Waals surface area contributed by atoms with Gasteiger partial charge in [0.05, 0.1) is 12.3 Å². The molecule has 0 bridgehead atoms. The van der Waals surface area contributed by atoms with Crippen LogP contribution >= 0.6 is 0 Å². The van der Waals surface area contributed by atoms with Crippen LogP contribution in [0.15, 0.2) is 24.3 Å². The van der Waals surface area contributed by atoms with E-state index in [1.54, 1.807) is 0 Å². The molecule has 5 rings (SSSR count). The fourth-order valence-electron chi connectivity index (χ4n) is 4.72. The van der Waals surface area contributed by atoms with Crippen molar-refractivity contribution in [2.75, 3.05) is 13.2 Å². The predicted octanol–water partition coefficient (Wildman–Crippen LogP) is 2.72. The molecule has 2 fully saturated rings. The van der Waals surface area contributed by atoms with Gasteiger partial charge in [0.15, 0.2) is 0 Å². The third-order valence-electron chi connectivity index (χ3n) is 5.77. The molecular formula is C18H20N2O2. The second-order valence-electron chi connectivity index (χ2n) is 6.85. The van der Waals surface area contributed by atoms with Crippen LogP contribution < -0.4 is 0 Å². The highest BCUT2D eigenvalue weighted by Crippen LogP contribution is 2.47. The first-order chi connectivity index (χ1) is 10.8. The first-order valence-corrected chi connectivity index (χ1v) is 8.30. The van der Waals surface area contributed by atoms with E-state index in [-0.39, 0.29) is 5.60 Å². The van der Waals surface area contributed by atoms with E-state index in [1.165, 1.54) is 22.2 Å². The molecule has 4 nitrogen and oxygen atoms in total. The van der Waals surface area contributed by atoms with E-state index in [1.807, 2.05) is 0 Å². The first kappa shape index (κ1) is 12.7. The Kier molecular flexibility index (Phi) is 2.51. The molecule has 1 aromatic carbocycles. The summed E-state index contributed by atoms with van der Waals surface area (Å²) in [5.41, 5.74) is 3.71. The second kappa shape index (κ2) is 4.35. The molecule has 4 heterocycles. The lowest BCUT2D eigenvalue weighted by atomic mass is 9.80. The Morgan fingerprint density at radius 1 is 1.27 bits per heavy atom. The van der Waals surface area contributed by atoms with Gasteiger partial charge in [-0.05, 0) is 30.9 Å². The van der Waals surface area contributed by atoms with Gasteiger partial charge in [-0.15, -0.1) is 0 Å². The number of amides is 1. The number of fused-ring (bicyclic) bond motifs is 5. The Balaban J connectivity index is 1.61. The van der Waals surface area contributed by atoms with Crippen LogP contribution in [0.4, 0.5) is 0 Å². The number of piperidine rings is 1. The van der Waals surface area contributed by atoms with Gasteiger partial charge in [-0.1, -0.05) is 18.2 Å². The Bertz CT molecular complexity index is 766. The Morgan fingerprint density at radius 3 is 3.14 bits per heavy atom. The quantitative estimate of drug-likeness (QED) is 0.812. The molecule has 1 amide bonds. The van der Waals surface area contributed by atoms with Gasteiger partial charge in [0, 0.05) is 36.3 Å². The van der Waals surface area contributed by atoms with Gasteiger partial charge in [0.2, 0.25) is 5.91 Å². The van der Waals surface area contributed by atoms with Gasteiger partial charge in [-0.3, -0.25) is 4.79 Å². The molecular weight excluding hydrogens is 276 g/mol. The predicted molar refractivity (Wildman–Crippen MR) is 83.6 cm³/mol. The number of nitrogens with zero attached hydrogens (tertiary/aromatic N) is 1. The molecule has 114 valence electrons. The SMILES string of the molecule is O=C1CCC2CC3(CCN12)OCCc1c3[nH]c2ccccc12. The van der Waals surface area contributed by atoms with Gasteiger partial charge in [-0.25, -0.2) is 0 Å². The van der Waals surface area contributed by atoms with Crippen molar-refractivity contribution in [2.24, 2.45) is 0 Å². The van der Waals surface area contributed by atoms with Crippen molar-refractivity contribution in [3.05, 3.63) is 35.5 Å². The van der Waals surface area contributed by atoms with Gasteiger partial charge < -0.3 is 14.6 Å². The highest BCUT2D eigenvalue weighted by atomic mass is 16.5. The summed E-state index contributed by atoms with van der Waals surface area (Å²) in [5, 5.41) is 1.34. The van der Waals surface area contributed by atoms with Gasteiger partial charge in [0.1, 0.15) is 5.60 Å². The average Bonchev–Trinajstić information content (AvgIpc) is 3.10. The van der Waals surface area contributed by atoms with Crippen LogP contribution in [0, 0.1) is 0 Å². The van der Waals surface area contributed by atoms with Crippen LogP contribution in [0.25, 0.3) is 10.9 Å². The topological polar surface area (TPSA) is 45.3 Å². The number of aromatic amines is 1. The standard InChI is InChI=1S/C18H20N2O2/c21-16-6-5-12-11-18(8-9-20(12)16)17-14(7-10-22-18)13-3-1-2-4-15(13)19-17/h1-4,12,19H,5-11H2. The second-order valence-corrected chi connectivity index (χ2v) is 6.85. The van der Waals surface area contributed by atoms with E-state index in [2.05, 4.69) is 34.1 Å². The minimum atomic E-state index is -0.210. The number of H-pyrrole nitrogens is 1. The summed E-state index contributed by atoms with van der Waals surface area (Å²) < 4.78 is 6.34. The number of carbonyl (C=O) groups is 1. The number of aromatic nitrogens is 1. The lowest BCUT2D eigenvalue weighted by Gasteiger charge is -2.45. The van der Waals surface area contributed by atoms with Crippen molar-refractivity contribution in [1.29, 1.82) is 0 Å². The summed E-state index contributed by atoms with van der Waals surface area (Å²) in [4.78, 5) is 17.7. The molecule has 2 aromatic rings. The maximum Gasteiger partial charge on any atom is 0.222 e. The maximum atomic E-state index is 11.9. The van der Waals surface area contributed by atoms with E-state index < -0.39 is 0 Å². The molecule has 0 saturated carbocycles. The van der Waals surface area contributed by atoms with Crippen LogP contribution in [0.3, 0.4) is 0 Å². The Labute approximate surface area is 129 Å². The zero-order valence-electron chi connectivity index (χ0n) is 12.6. The van der Waals surface area contributed by atoms with Crippen LogP contribution in [0.5, 0.6) is 0 Å². The van der Waals surface area contributed by atoms with E-state index in [0.29, 0.717) is 18.4 Å². The lowest BCUT2D eigenvalue weighted by Crippen LogP contribution is -2.50. The summed E-state index contributed by atoms with van der Waals surface area (Å²) in [5.74, 6) is 0.326. The molecule has 1 N–H and O–H groups in total. The highest BCUT2D eigenvalue weighted by Gasteiger charge is 2.48. The van der Waals surface area contributed by atoms with Crippen molar-refractivity contribution >= 4 is 16.8 Å². The zero-order valence-corrected chi connectivity index (χ0v) is 12.6. The van der Waals surface area contributed by atoms with Crippen LogP contribution in [-0.2, 0) is 21.6 Å². The monoisotopic (exact) mass is 296 g/mol. The number of nitrogens with one attached hydrogen (secondary N) is 1. The summed E-state index contributed by atoms with van der Waals surface area (Å²) in [6, 6.07) is 8.90. The van der Waals surface area contributed by atoms with Crippen molar-refractivity contribution in [2.45, 2.75) is 43.7 Å². The number of ether oxygens (including phenoxy) is 1. The van der Waals surface area contributed by atoms with Gasteiger partial charge in [-0.2, -0.15) is 0 Å². The average molecular weight is 296 g/mol. The molecule has 1 aromatic heterocycles. The molecule has 3 aliphatic rings. The van der Waals surface area contributed by atoms with Crippen LogP contribution in [0.2, 0.25) is 0 Å². The molecule has 2 atom stereocenters. The van der Waals surface area contributed by atoms with Crippen LogP contribution in [0.1, 0.15) is 36.9 Å². The van der Waals surface area contributed by atoms with E-state index in [0.717, 1.165) is 38.8 Å². The minimum absolute atomic E-state index is 0.210. The van der Waals surface area contributed by atoms with Crippen molar-refractivity contribution in [1.82, 2.24) is 9.88 Å². The Hall–Kier alpha value is -1.81. The number of hydrogen-bond acceptors (Lipinski definition) is 2. The molecule has 22 heavy (non-hydrogen) atoms. The smallest absolute Gasteiger partial charge is 0.222 e. The molecule has 2 unspecified atom stereocenters. The fraction of sp³-hybridized carbons (Fsp3) is 0.500. The van der Waals surface area contributed by atoms with E-state index in [9.17, 15) is 4.79 Å². The summed E-state index contributed by atoms with van der Waals surface area (Å²) in [6.07, 6.45) is 4.53. The fourth-order valence-corrected chi connectivity index (χ4v) is 4.72.